The maximum atomic E-state index is 11.5. The third kappa shape index (κ3) is 6.27. The van der Waals surface area contributed by atoms with Gasteiger partial charge >= 0.3 is 11.5 Å². The molecule has 4 atom stereocenters. The number of aromatic amines is 2. The lowest BCUT2D eigenvalue weighted by Crippen LogP contribution is -2.37. The number of nitrogens with zero attached hydrogens (tertiary/aromatic N) is 2. The summed E-state index contributed by atoms with van der Waals surface area (Å²) in [5.41, 5.74) is 14.6. The number of hydrogen-bond acceptors (Lipinski definition) is 6. The first-order valence-electron chi connectivity index (χ1n) is 19.9. The van der Waals surface area contributed by atoms with Crippen LogP contribution in [0.15, 0.2) is 128 Å². The maximum absolute atomic E-state index is 11.5. The van der Waals surface area contributed by atoms with E-state index >= 15 is 0 Å². The Kier molecular flexibility index (Phi) is 9.01. The highest BCUT2D eigenvalue weighted by Gasteiger charge is 2.47. The Hall–Kier alpha value is -5.06. The molecule has 0 saturated carbocycles. The van der Waals surface area contributed by atoms with Crippen LogP contribution in [0.1, 0.15) is 46.2 Å². The molecule has 8 nitrogen and oxygen atoms in total. The topological polar surface area (TPSA) is 98.5 Å². The zero-order valence-electron chi connectivity index (χ0n) is 32.1. The van der Waals surface area contributed by atoms with Gasteiger partial charge in [-0.1, -0.05) is 94.9 Å². The summed E-state index contributed by atoms with van der Waals surface area (Å²) in [6.07, 6.45) is 2.13. The normalized spacial score (nSPS) is 22.4. The molecule has 12 heteroatoms. The van der Waals surface area contributed by atoms with Crippen molar-refractivity contribution in [3.63, 3.8) is 0 Å². The molecule has 0 amide bonds. The van der Waals surface area contributed by atoms with E-state index < -0.39 is 11.5 Å². The van der Waals surface area contributed by atoms with Crippen LogP contribution in [0.4, 0.5) is 0 Å². The quantitative estimate of drug-likeness (QED) is 0.183. The Labute approximate surface area is 364 Å². The zero-order chi connectivity index (χ0) is 40.9. The molecule has 4 aliphatic heterocycles. The van der Waals surface area contributed by atoms with Gasteiger partial charge in [0.25, 0.3) is 0 Å². The average Bonchev–Trinajstić information content (AvgIpc) is 4.01. The number of hydrogen-bond donors (Lipinski definition) is 2. The third-order valence-electron chi connectivity index (χ3n) is 13.2. The zero-order valence-corrected chi connectivity index (χ0v) is 35.1. The van der Waals surface area contributed by atoms with Crippen LogP contribution in [0.3, 0.4) is 0 Å². The van der Waals surface area contributed by atoms with Crippen LogP contribution in [-0.4, -0.2) is 45.9 Å². The van der Waals surface area contributed by atoms with E-state index in [1.54, 1.807) is 0 Å². The molecule has 6 aromatic carbocycles. The van der Waals surface area contributed by atoms with Gasteiger partial charge in [-0.25, -0.2) is 9.59 Å². The van der Waals surface area contributed by atoms with Crippen molar-refractivity contribution >= 4 is 68.6 Å². The molecule has 300 valence electrons. The van der Waals surface area contributed by atoms with Gasteiger partial charge in [-0.3, -0.25) is 19.8 Å². The third-order valence-corrected chi connectivity index (χ3v) is 14.7. The molecule has 2 saturated heterocycles. The summed E-state index contributed by atoms with van der Waals surface area (Å²) in [6, 6.07) is 37.1. The van der Waals surface area contributed by atoms with Crippen molar-refractivity contribution in [1.29, 1.82) is 0 Å². The lowest BCUT2D eigenvalue weighted by Gasteiger charge is -2.37. The standard InChI is InChI=1S/2C24H18Cl2N2O2/c2*25-19-5-3-17(11-20(19)26)24-7-8-28(13-24)12-16-9-14(1-4-18(16)24)15-2-6-21-22(10-15)30-23(29)27-21/h2*1-6,9-11H,7-8,12-13H2,(H,27,29). The molecule has 60 heavy (non-hydrogen) atoms. The smallest absolute Gasteiger partial charge is 0.408 e. The molecule has 8 aromatic rings. The fourth-order valence-electron chi connectivity index (χ4n) is 10.3. The molecular weight excluding hydrogens is 838 g/mol. The number of nitrogens with one attached hydrogen (secondary N) is 2. The van der Waals surface area contributed by atoms with Crippen molar-refractivity contribution in [2.75, 3.05) is 26.2 Å². The fourth-order valence-corrected chi connectivity index (χ4v) is 10.9. The molecule has 0 spiro atoms. The summed E-state index contributed by atoms with van der Waals surface area (Å²) in [5, 5.41) is 2.38. The summed E-state index contributed by atoms with van der Waals surface area (Å²) in [6.45, 7) is 5.99. The predicted octanol–water partition coefficient (Wildman–Crippen LogP) is 11.2. The second-order valence-electron chi connectivity index (χ2n) is 16.5. The largest absolute Gasteiger partial charge is 0.417 e. The van der Waals surface area contributed by atoms with Gasteiger partial charge in [0, 0.05) is 37.0 Å². The highest BCUT2D eigenvalue weighted by Crippen LogP contribution is 2.50. The van der Waals surface area contributed by atoms with Crippen molar-refractivity contribution in [3.8, 4) is 22.3 Å². The number of benzene rings is 6. The Balaban J connectivity index is 0.000000136. The van der Waals surface area contributed by atoms with Crippen LogP contribution in [-0.2, 0) is 23.9 Å². The molecule has 2 N–H and O–H groups in total. The number of H-pyrrole nitrogens is 2. The number of rotatable bonds is 4. The van der Waals surface area contributed by atoms with Crippen molar-refractivity contribution in [1.82, 2.24) is 19.8 Å². The van der Waals surface area contributed by atoms with Crippen LogP contribution in [0.25, 0.3) is 44.5 Å². The Morgan fingerprint density at radius 3 is 1.33 bits per heavy atom. The highest BCUT2D eigenvalue weighted by atomic mass is 35.5. The van der Waals surface area contributed by atoms with E-state index in [0.29, 0.717) is 42.3 Å². The molecule has 2 aromatic heterocycles. The first kappa shape index (κ1) is 37.9. The SMILES string of the molecule is O=c1[nH]c2ccc(-c3ccc4c(c3)CN3CCC4(c4ccc(Cl)c(Cl)c4)C3)cc2o1.O=c1[nH]c2ccc(-c3ccc4c(c3)CN3CCC4(c4ccc(Cl)c(Cl)c4)C3)cc2o1. The maximum Gasteiger partial charge on any atom is 0.417 e. The molecule has 4 unspecified atom stereocenters. The van der Waals surface area contributed by atoms with E-state index in [1.165, 1.54) is 33.4 Å². The lowest BCUT2D eigenvalue weighted by atomic mass is 9.70. The van der Waals surface area contributed by atoms with Gasteiger partial charge in [0.05, 0.1) is 31.1 Å². The second kappa shape index (κ2) is 14.3. The molecule has 4 aliphatic rings. The fraction of sp³-hybridized carbons (Fsp3) is 0.208. The second-order valence-corrected chi connectivity index (χ2v) is 18.2. The molecule has 2 fully saturated rings. The van der Waals surface area contributed by atoms with Crippen molar-refractivity contribution in [2.45, 2.75) is 36.8 Å². The van der Waals surface area contributed by atoms with Crippen LogP contribution in [0.5, 0.6) is 0 Å². The van der Waals surface area contributed by atoms with Crippen LogP contribution in [0, 0.1) is 0 Å². The van der Waals surface area contributed by atoms with Crippen LogP contribution in [0.2, 0.25) is 20.1 Å². The van der Waals surface area contributed by atoms with Crippen LogP contribution >= 0.6 is 46.4 Å². The molecule has 4 bridgehead atoms. The van der Waals surface area contributed by atoms with E-state index in [1.807, 2.05) is 60.7 Å². The molecule has 6 heterocycles. The van der Waals surface area contributed by atoms with Crippen molar-refractivity contribution in [2.24, 2.45) is 0 Å². The van der Waals surface area contributed by atoms with E-state index in [4.69, 9.17) is 55.2 Å². The number of oxazole rings is 2. The average molecular weight is 875 g/mol. The van der Waals surface area contributed by atoms with Gasteiger partial charge in [-0.15, -0.1) is 0 Å². The summed E-state index contributed by atoms with van der Waals surface area (Å²) < 4.78 is 10.5. The number of halogens is 4. The lowest BCUT2D eigenvalue weighted by molar-refractivity contribution is 0.295. The number of aromatic nitrogens is 2. The Morgan fingerprint density at radius 1 is 0.483 bits per heavy atom. The molecular formula is C48H36Cl4N4O4. The van der Waals surface area contributed by atoms with E-state index in [0.717, 1.165) is 74.4 Å². The van der Waals surface area contributed by atoms with Crippen molar-refractivity contribution in [3.05, 3.63) is 184 Å². The van der Waals surface area contributed by atoms with Crippen molar-refractivity contribution < 1.29 is 8.83 Å². The monoisotopic (exact) mass is 872 g/mol. The van der Waals surface area contributed by atoms with Gasteiger partial charge in [-0.05, 0) is 142 Å². The van der Waals surface area contributed by atoms with E-state index in [2.05, 4.69) is 68.3 Å². The summed E-state index contributed by atoms with van der Waals surface area (Å²) in [4.78, 5) is 33.3. The van der Waals surface area contributed by atoms with Gasteiger partial charge in [0.2, 0.25) is 0 Å². The summed E-state index contributed by atoms with van der Waals surface area (Å²) in [5.74, 6) is -0.860. The van der Waals surface area contributed by atoms with Gasteiger partial charge in [-0.2, -0.15) is 0 Å². The minimum absolute atomic E-state index is 0.0578. The summed E-state index contributed by atoms with van der Waals surface area (Å²) >= 11 is 25.1. The predicted molar refractivity (Wildman–Crippen MR) is 239 cm³/mol. The Bertz CT molecular complexity index is 2960. The molecule has 12 rings (SSSR count). The van der Waals surface area contributed by atoms with E-state index in [9.17, 15) is 9.59 Å². The van der Waals surface area contributed by atoms with E-state index in [-0.39, 0.29) is 10.8 Å². The Morgan fingerprint density at radius 2 is 0.900 bits per heavy atom. The highest BCUT2D eigenvalue weighted by molar-refractivity contribution is 6.42. The molecule has 0 aliphatic carbocycles. The first-order valence-corrected chi connectivity index (χ1v) is 21.4. The van der Waals surface area contributed by atoms with Gasteiger partial charge in [0.1, 0.15) is 0 Å². The number of fused-ring (bicyclic) bond motifs is 10. The minimum Gasteiger partial charge on any atom is -0.408 e. The van der Waals surface area contributed by atoms with Gasteiger partial charge < -0.3 is 8.83 Å². The van der Waals surface area contributed by atoms with Crippen LogP contribution < -0.4 is 11.5 Å². The molecule has 0 radical (unpaired) electrons. The first-order chi connectivity index (χ1) is 29.0. The minimum atomic E-state index is -0.430. The summed E-state index contributed by atoms with van der Waals surface area (Å²) in [7, 11) is 0. The van der Waals surface area contributed by atoms with Gasteiger partial charge in [0.15, 0.2) is 11.2 Å².